The standard InChI is InChI=1S/C13H18N4O3S.ClH/c18-13(10-7-12(17(19)20)21-9-10)16-4-1-11(8-16)15-5-2-14-3-6-15;/h7,9,11,14H,1-6,8H2;1H. The van der Waals surface area contributed by atoms with Crippen molar-refractivity contribution in [1.82, 2.24) is 15.1 Å². The molecule has 2 saturated heterocycles. The van der Waals surface area contributed by atoms with Gasteiger partial charge in [-0.05, 0) is 6.42 Å². The highest BCUT2D eigenvalue weighted by atomic mass is 35.5. The second-order valence-electron chi connectivity index (χ2n) is 5.41. The highest BCUT2D eigenvalue weighted by Gasteiger charge is 2.32. The van der Waals surface area contributed by atoms with Gasteiger partial charge in [-0.25, -0.2) is 0 Å². The van der Waals surface area contributed by atoms with Crippen LogP contribution in [0.1, 0.15) is 16.8 Å². The van der Waals surface area contributed by atoms with Crippen molar-refractivity contribution in [2.75, 3.05) is 39.3 Å². The van der Waals surface area contributed by atoms with Gasteiger partial charge in [-0.3, -0.25) is 19.8 Å². The van der Waals surface area contributed by atoms with Gasteiger partial charge < -0.3 is 10.2 Å². The molecule has 2 fully saturated rings. The third-order valence-corrected chi connectivity index (χ3v) is 5.01. The molecule has 1 amide bonds. The lowest BCUT2D eigenvalue weighted by atomic mass is 10.2. The predicted molar refractivity (Wildman–Crippen MR) is 87.0 cm³/mol. The second kappa shape index (κ2) is 7.36. The van der Waals surface area contributed by atoms with Crippen molar-refractivity contribution in [1.29, 1.82) is 0 Å². The first-order chi connectivity index (χ1) is 10.1. The highest BCUT2D eigenvalue weighted by Crippen LogP contribution is 2.25. The fourth-order valence-corrected chi connectivity index (χ4v) is 3.68. The molecule has 2 aliphatic rings. The average Bonchev–Trinajstić information content (AvgIpc) is 3.17. The van der Waals surface area contributed by atoms with Crippen LogP contribution in [0.4, 0.5) is 5.00 Å². The Labute approximate surface area is 138 Å². The Morgan fingerprint density at radius 2 is 2.09 bits per heavy atom. The number of likely N-dealkylation sites (tertiary alicyclic amines) is 1. The Morgan fingerprint density at radius 3 is 2.73 bits per heavy atom. The summed E-state index contributed by atoms with van der Waals surface area (Å²) in [7, 11) is 0. The normalized spacial score (nSPS) is 22.4. The van der Waals surface area contributed by atoms with E-state index in [1.165, 1.54) is 6.07 Å². The van der Waals surface area contributed by atoms with E-state index in [2.05, 4.69) is 10.2 Å². The van der Waals surface area contributed by atoms with E-state index in [-0.39, 0.29) is 23.3 Å². The predicted octanol–water partition coefficient (Wildman–Crippen LogP) is 1.20. The summed E-state index contributed by atoms with van der Waals surface area (Å²) >= 11 is 1.01. The van der Waals surface area contributed by atoms with E-state index in [0.29, 0.717) is 11.6 Å². The number of nitrogens with one attached hydrogen (secondary N) is 1. The first-order valence-electron chi connectivity index (χ1n) is 7.12. The molecule has 1 aromatic rings. The molecule has 3 rings (SSSR count). The maximum atomic E-state index is 12.4. The average molecular weight is 347 g/mol. The summed E-state index contributed by atoms with van der Waals surface area (Å²) in [5, 5.41) is 15.6. The van der Waals surface area contributed by atoms with Crippen molar-refractivity contribution in [3.05, 3.63) is 27.1 Å². The smallest absolute Gasteiger partial charge is 0.324 e. The van der Waals surface area contributed by atoms with Crippen molar-refractivity contribution in [3.8, 4) is 0 Å². The van der Waals surface area contributed by atoms with E-state index < -0.39 is 4.92 Å². The lowest BCUT2D eigenvalue weighted by Gasteiger charge is -2.32. The minimum Gasteiger partial charge on any atom is -0.337 e. The van der Waals surface area contributed by atoms with Gasteiger partial charge >= 0.3 is 5.00 Å². The molecule has 0 radical (unpaired) electrons. The molecule has 2 aliphatic heterocycles. The molecule has 1 unspecified atom stereocenters. The van der Waals surface area contributed by atoms with Crippen molar-refractivity contribution >= 4 is 34.7 Å². The Kier molecular flexibility index (Phi) is 5.74. The van der Waals surface area contributed by atoms with Crippen LogP contribution >= 0.6 is 23.7 Å². The van der Waals surface area contributed by atoms with E-state index in [4.69, 9.17) is 0 Å². The van der Waals surface area contributed by atoms with Gasteiger partial charge in [0.2, 0.25) is 0 Å². The molecule has 9 heteroatoms. The van der Waals surface area contributed by atoms with E-state index >= 15 is 0 Å². The number of amides is 1. The molecule has 3 heterocycles. The third-order valence-electron chi connectivity index (χ3n) is 4.13. The molecular formula is C13H19ClN4O3S. The molecule has 0 aliphatic carbocycles. The Hall–Kier alpha value is -1.22. The van der Waals surface area contributed by atoms with Crippen LogP contribution in [-0.4, -0.2) is 65.9 Å². The maximum absolute atomic E-state index is 12.4. The Morgan fingerprint density at radius 1 is 1.36 bits per heavy atom. The number of hydrogen-bond donors (Lipinski definition) is 1. The van der Waals surface area contributed by atoms with E-state index in [1.54, 1.807) is 5.38 Å². The molecule has 0 saturated carbocycles. The minimum absolute atomic E-state index is 0. The molecular weight excluding hydrogens is 328 g/mol. The van der Waals surface area contributed by atoms with Crippen LogP contribution in [0.25, 0.3) is 0 Å². The molecule has 0 bridgehead atoms. The number of carbonyl (C=O) groups excluding carboxylic acids is 1. The van der Waals surface area contributed by atoms with E-state index in [1.807, 2.05) is 4.90 Å². The molecule has 22 heavy (non-hydrogen) atoms. The van der Waals surface area contributed by atoms with Gasteiger partial charge in [-0.2, -0.15) is 0 Å². The van der Waals surface area contributed by atoms with Crippen molar-refractivity contribution < 1.29 is 9.72 Å². The Balaban J connectivity index is 0.00000176. The highest BCUT2D eigenvalue weighted by molar-refractivity contribution is 7.13. The number of nitrogens with zero attached hydrogens (tertiary/aromatic N) is 3. The molecule has 1 atom stereocenters. The van der Waals surface area contributed by atoms with E-state index in [9.17, 15) is 14.9 Å². The van der Waals surface area contributed by atoms with Crippen LogP contribution in [0.5, 0.6) is 0 Å². The summed E-state index contributed by atoms with van der Waals surface area (Å²) in [6.07, 6.45) is 0.984. The minimum atomic E-state index is -0.449. The fourth-order valence-electron chi connectivity index (χ4n) is 2.99. The van der Waals surface area contributed by atoms with Gasteiger partial charge in [0.25, 0.3) is 5.91 Å². The molecule has 0 spiro atoms. The van der Waals surface area contributed by atoms with Gasteiger partial charge in [0, 0.05) is 56.8 Å². The van der Waals surface area contributed by atoms with Gasteiger partial charge in [-0.1, -0.05) is 11.3 Å². The van der Waals surface area contributed by atoms with Crippen molar-refractivity contribution in [2.24, 2.45) is 0 Å². The lowest BCUT2D eigenvalue weighted by Crippen LogP contribution is -2.49. The third kappa shape index (κ3) is 3.57. The fraction of sp³-hybridized carbons (Fsp3) is 0.615. The van der Waals surface area contributed by atoms with E-state index in [0.717, 1.165) is 57.0 Å². The molecule has 1 N–H and O–H groups in total. The zero-order valence-electron chi connectivity index (χ0n) is 12.1. The number of nitro groups is 1. The van der Waals surface area contributed by atoms with Gasteiger partial charge in [-0.15, -0.1) is 12.4 Å². The van der Waals surface area contributed by atoms with Gasteiger partial charge in [0.05, 0.1) is 10.5 Å². The van der Waals surface area contributed by atoms with Gasteiger partial charge in [0.15, 0.2) is 0 Å². The topological polar surface area (TPSA) is 78.7 Å². The summed E-state index contributed by atoms with van der Waals surface area (Å²) in [6.45, 7) is 5.51. The maximum Gasteiger partial charge on any atom is 0.324 e. The van der Waals surface area contributed by atoms with Gasteiger partial charge in [0.1, 0.15) is 0 Å². The zero-order chi connectivity index (χ0) is 14.8. The van der Waals surface area contributed by atoms with Crippen LogP contribution in [0.15, 0.2) is 11.4 Å². The summed E-state index contributed by atoms with van der Waals surface area (Å²) in [5.74, 6) is -0.0861. The SMILES string of the molecule is Cl.O=C(c1csc([N+](=O)[O-])c1)N1CCC(N2CCNCC2)C1. The van der Waals surface area contributed by atoms with Crippen LogP contribution < -0.4 is 5.32 Å². The number of halogens is 1. The lowest BCUT2D eigenvalue weighted by molar-refractivity contribution is -0.380. The molecule has 7 nitrogen and oxygen atoms in total. The molecule has 122 valence electrons. The number of rotatable bonds is 3. The molecule has 1 aromatic heterocycles. The Bertz CT molecular complexity index is 547. The number of carbonyl (C=O) groups is 1. The number of thiophene rings is 1. The summed E-state index contributed by atoms with van der Waals surface area (Å²) < 4.78 is 0. The summed E-state index contributed by atoms with van der Waals surface area (Å²) in [4.78, 5) is 26.9. The summed E-state index contributed by atoms with van der Waals surface area (Å²) in [6, 6.07) is 1.80. The largest absolute Gasteiger partial charge is 0.337 e. The summed E-state index contributed by atoms with van der Waals surface area (Å²) in [5.41, 5.74) is 0.438. The second-order valence-corrected chi connectivity index (χ2v) is 6.30. The van der Waals surface area contributed by atoms with Crippen molar-refractivity contribution in [2.45, 2.75) is 12.5 Å². The van der Waals surface area contributed by atoms with Crippen LogP contribution in [0.3, 0.4) is 0 Å². The number of piperazine rings is 1. The quantitative estimate of drug-likeness (QED) is 0.657. The van der Waals surface area contributed by atoms with Crippen molar-refractivity contribution in [3.63, 3.8) is 0 Å². The molecule has 0 aromatic carbocycles. The number of hydrogen-bond acceptors (Lipinski definition) is 6. The monoisotopic (exact) mass is 346 g/mol. The first-order valence-corrected chi connectivity index (χ1v) is 8.00. The van der Waals surface area contributed by atoms with Crippen LogP contribution in [0.2, 0.25) is 0 Å². The first kappa shape index (κ1) is 17.1. The van der Waals surface area contributed by atoms with Crippen LogP contribution in [0, 0.1) is 10.1 Å². The zero-order valence-corrected chi connectivity index (χ0v) is 13.7. The van der Waals surface area contributed by atoms with Crippen LogP contribution in [-0.2, 0) is 0 Å².